The number of aryl methyl sites for hydroxylation is 2. The highest BCUT2D eigenvalue weighted by molar-refractivity contribution is 5.33. The maximum absolute atomic E-state index is 9.73. The summed E-state index contributed by atoms with van der Waals surface area (Å²) in [6, 6.07) is 12.9. The lowest BCUT2D eigenvalue weighted by Gasteiger charge is -2.37. The van der Waals surface area contributed by atoms with Gasteiger partial charge in [0.2, 0.25) is 0 Å². The van der Waals surface area contributed by atoms with Crippen LogP contribution in [0.2, 0.25) is 0 Å². The van der Waals surface area contributed by atoms with Crippen LogP contribution in [0.1, 0.15) is 30.7 Å². The first-order chi connectivity index (χ1) is 11.2. The minimum absolute atomic E-state index is 0.293. The van der Waals surface area contributed by atoms with E-state index < -0.39 is 0 Å². The molecule has 1 saturated heterocycles. The van der Waals surface area contributed by atoms with E-state index in [4.69, 9.17) is 0 Å². The molecular weight excluding hydrogens is 284 g/mol. The molecule has 1 aromatic carbocycles. The van der Waals surface area contributed by atoms with Crippen LogP contribution >= 0.6 is 0 Å². The number of likely N-dealkylation sites (tertiary alicyclic amines) is 1. The van der Waals surface area contributed by atoms with Gasteiger partial charge in [-0.25, -0.2) is 4.98 Å². The molecule has 2 aromatic rings. The highest BCUT2D eigenvalue weighted by Gasteiger charge is 2.36. The zero-order valence-corrected chi connectivity index (χ0v) is 13.8. The van der Waals surface area contributed by atoms with Crippen LogP contribution in [0.25, 0.3) is 0 Å². The van der Waals surface area contributed by atoms with Crippen molar-refractivity contribution in [1.29, 1.82) is 5.26 Å². The number of rotatable bonds is 5. The topological polar surface area (TPSA) is 44.9 Å². The van der Waals surface area contributed by atoms with Gasteiger partial charge >= 0.3 is 0 Å². The Bertz CT molecular complexity index is 660. The smallest absolute Gasteiger partial charge is 0.105 e. The molecule has 0 aliphatic carbocycles. The van der Waals surface area contributed by atoms with Crippen LogP contribution in [-0.2, 0) is 12.0 Å². The van der Waals surface area contributed by atoms with Crippen molar-refractivity contribution in [2.45, 2.75) is 38.1 Å². The van der Waals surface area contributed by atoms with E-state index >= 15 is 0 Å². The van der Waals surface area contributed by atoms with Crippen molar-refractivity contribution in [3.8, 4) is 6.07 Å². The molecule has 4 heteroatoms. The van der Waals surface area contributed by atoms with Crippen LogP contribution in [0.15, 0.2) is 42.7 Å². The Morgan fingerprint density at radius 2 is 1.91 bits per heavy atom. The third-order valence-corrected chi connectivity index (χ3v) is 5.05. The molecule has 1 aliphatic heterocycles. The Hall–Kier alpha value is -2.12. The van der Waals surface area contributed by atoms with Crippen LogP contribution in [0.3, 0.4) is 0 Å². The van der Waals surface area contributed by atoms with Gasteiger partial charge in [-0.2, -0.15) is 5.26 Å². The van der Waals surface area contributed by atoms with Gasteiger partial charge in [0, 0.05) is 18.9 Å². The first-order valence-corrected chi connectivity index (χ1v) is 8.40. The zero-order chi connectivity index (χ0) is 16.1. The number of hydrogen-bond donors (Lipinski definition) is 0. The molecule has 0 atom stereocenters. The number of imidazole rings is 1. The molecule has 23 heavy (non-hydrogen) atoms. The summed E-state index contributed by atoms with van der Waals surface area (Å²) in [5.41, 5.74) is 0.884. The van der Waals surface area contributed by atoms with Crippen LogP contribution in [0.4, 0.5) is 0 Å². The van der Waals surface area contributed by atoms with Gasteiger partial charge in [-0.1, -0.05) is 30.3 Å². The summed E-state index contributed by atoms with van der Waals surface area (Å²) < 4.78 is 2.20. The lowest BCUT2D eigenvalue weighted by Crippen LogP contribution is -2.42. The van der Waals surface area contributed by atoms with Gasteiger partial charge in [0.05, 0.1) is 11.5 Å². The summed E-state index contributed by atoms with van der Waals surface area (Å²) in [6.45, 7) is 6.16. The minimum atomic E-state index is -0.293. The van der Waals surface area contributed by atoms with E-state index in [0.29, 0.717) is 0 Å². The van der Waals surface area contributed by atoms with Crippen molar-refractivity contribution in [2.75, 3.05) is 19.6 Å². The fourth-order valence-corrected chi connectivity index (χ4v) is 3.49. The van der Waals surface area contributed by atoms with E-state index in [0.717, 1.165) is 51.3 Å². The fraction of sp³-hybridized carbons (Fsp3) is 0.474. The number of piperidine rings is 1. The van der Waals surface area contributed by atoms with Crippen molar-refractivity contribution in [3.05, 3.63) is 54.1 Å². The molecule has 0 saturated carbocycles. The Balaban J connectivity index is 1.52. The lowest BCUT2D eigenvalue weighted by molar-refractivity contribution is 0.182. The summed E-state index contributed by atoms with van der Waals surface area (Å²) >= 11 is 0. The fourth-order valence-electron chi connectivity index (χ4n) is 3.49. The van der Waals surface area contributed by atoms with Gasteiger partial charge in [-0.3, -0.25) is 0 Å². The number of nitriles is 1. The molecule has 0 bridgehead atoms. The van der Waals surface area contributed by atoms with E-state index in [-0.39, 0.29) is 5.41 Å². The van der Waals surface area contributed by atoms with Crippen molar-refractivity contribution >= 4 is 0 Å². The Morgan fingerprint density at radius 3 is 2.52 bits per heavy atom. The molecule has 0 spiro atoms. The lowest BCUT2D eigenvalue weighted by atomic mass is 9.74. The molecule has 3 rings (SSSR count). The normalized spacial score (nSPS) is 17.7. The summed E-state index contributed by atoms with van der Waals surface area (Å²) in [7, 11) is 0. The maximum atomic E-state index is 9.73. The molecule has 2 heterocycles. The number of nitrogens with zero attached hydrogens (tertiary/aromatic N) is 4. The molecular formula is C19H24N4. The predicted octanol–water partition coefficient (Wildman–Crippen LogP) is 3.14. The van der Waals surface area contributed by atoms with Gasteiger partial charge in [-0.15, -0.1) is 0 Å². The SMILES string of the molecule is Cc1nccn1CCCN1CCC(C#N)(c2ccccc2)CC1. The summed E-state index contributed by atoms with van der Waals surface area (Å²) in [5.74, 6) is 1.08. The van der Waals surface area contributed by atoms with Gasteiger partial charge in [0.15, 0.2) is 0 Å². The standard InChI is InChI=1S/C19H24N4/c1-17-21-10-15-23(17)12-5-11-22-13-8-19(16-20,9-14-22)18-6-3-2-4-7-18/h2-4,6-7,10,15H,5,8-9,11-14H2,1H3. The second kappa shape index (κ2) is 6.97. The van der Waals surface area contributed by atoms with E-state index in [1.807, 2.05) is 37.5 Å². The van der Waals surface area contributed by atoms with Crippen molar-refractivity contribution < 1.29 is 0 Å². The second-order valence-electron chi connectivity index (χ2n) is 6.42. The summed E-state index contributed by atoms with van der Waals surface area (Å²) in [6.07, 6.45) is 6.89. The second-order valence-corrected chi connectivity index (χ2v) is 6.42. The van der Waals surface area contributed by atoms with E-state index in [1.54, 1.807) is 0 Å². The molecule has 1 fully saturated rings. The summed E-state index contributed by atoms with van der Waals surface area (Å²) in [4.78, 5) is 6.75. The molecule has 1 aliphatic rings. The molecule has 0 radical (unpaired) electrons. The molecule has 0 unspecified atom stereocenters. The van der Waals surface area contributed by atoms with Gasteiger partial charge in [0.1, 0.15) is 5.82 Å². The number of benzene rings is 1. The highest BCUT2D eigenvalue weighted by atomic mass is 15.1. The zero-order valence-electron chi connectivity index (χ0n) is 13.8. The van der Waals surface area contributed by atoms with Crippen LogP contribution in [0, 0.1) is 18.3 Å². The Morgan fingerprint density at radius 1 is 1.17 bits per heavy atom. The third kappa shape index (κ3) is 3.46. The summed E-state index contributed by atoms with van der Waals surface area (Å²) in [5, 5.41) is 9.73. The molecule has 0 N–H and O–H groups in total. The quantitative estimate of drug-likeness (QED) is 0.852. The minimum Gasteiger partial charge on any atom is -0.335 e. The molecule has 1 aromatic heterocycles. The number of aromatic nitrogens is 2. The van der Waals surface area contributed by atoms with Crippen molar-refractivity contribution in [1.82, 2.24) is 14.5 Å². The van der Waals surface area contributed by atoms with Crippen LogP contribution < -0.4 is 0 Å². The highest BCUT2D eigenvalue weighted by Crippen LogP contribution is 2.34. The molecule has 0 amide bonds. The van der Waals surface area contributed by atoms with Crippen molar-refractivity contribution in [3.63, 3.8) is 0 Å². The van der Waals surface area contributed by atoms with Crippen LogP contribution in [-0.4, -0.2) is 34.1 Å². The van der Waals surface area contributed by atoms with E-state index in [2.05, 4.69) is 32.7 Å². The van der Waals surface area contributed by atoms with Gasteiger partial charge < -0.3 is 9.47 Å². The van der Waals surface area contributed by atoms with Crippen LogP contribution in [0.5, 0.6) is 0 Å². The number of hydrogen-bond acceptors (Lipinski definition) is 3. The van der Waals surface area contributed by atoms with Crippen molar-refractivity contribution in [2.24, 2.45) is 0 Å². The monoisotopic (exact) mass is 308 g/mol. The third-order valence-electron chi connectivity index (χ3n) is 5.05. The first kappa shape index (κ1) is 15.8. The predicted molar refractivity (Wildman–Crippen MR) is 91.0 cm³/mol. The van der Waals surface area contributed by atoms with Gasteiger partial charge in [0.25, 0.3) is 0 Å². The maximum Gasteiger partial charge on any atom is 0.105 e. The van der Waals surface area contributed by atoms with E-state index in [9.17, 15) is 5.26 Å². The van der Waals surface area contributed by atoms with E-state index in [1.165, 1.54) is 5.56 Å². The first-order valence-electron chi connectivity index (χ1n) is 8.40. The Labute approximate surface area is 138 Å². The van der Waals surface area contributed by atoms with Gasteiger partial charge in [-0.05, 0) is 51.4 Å². The largest absolute Gasteiger partial charge is 0.335 e. The Kier molecular flexibility index (Phi) is 4.78. The molecule has 4 nitrogen and oxygen atoms in total. The average Bonchev–Trinajstić information content (AvgIpc) is 3.02. The molecule has 120 valence electrons. The average molecular weight is 308 g/mol.